The van der Waals surface area contributed by atoms with Gasteiger partial charge in [0.2, 0.25) is 0 Å². The molecule has 0 aliphatic heterocycles. The van der Waals surface area contributed by atoms with Gasteiger partial charge in [-0.05, 0) is 39.7 Å². The summed E-state index contributed by atoms with van der Waals surface area (Å²) in [5.41, 5.74) is 0.979. The Morgan fingerprint density at radius 1 is 1.18 bits per heavy atom. The van der Waals surface area contributed by atoms with Crippen molar-refractivity contribution >= 4 is 15.9 Å². The third-order valence-corrected chi connectivity index (χ3v) is 2.56. The van der Waals surface area contributed by atoms with Gasteiger partial charge >= 0.3 is 0 Å². The summed E-state index contributed by atoms with van der Waals surface area (Å²) in [7, 11) is 0. The Morgan fingerprint density at radius 2 is 1.94 bits per heavy atom. The number of hydrogen-bond acceptors (Lipinski definition) is 3. The largest absolute Gasteiger partial charge is 0.456 e. The number of hydrogen-bond donors (Lipinski definition) is 0. The summed E-state index contributed by atoms with van der Waals surface area (Å²) in [5, 5.41) is 8.56. The van der Waals surface area contributed by atoms with Crippen LogP contribution >= 0.6 is 15.9 Å². The molecule has 0 bridgehead atoms. The van der Waals surface area contributed by atoms with Crippen molar-refractivity contribution in [1.29, 1.82) is 5.26 Å². The number of aromatic nitrogens is 1. The fourth-order valence-electron chi connectivity index (χ4n) is 1.35. The number of nitriles is 1. The second kappa shape index (κ2) is 5.46. The lowest BCUT2D eigenvalue weighted by atomic mass is 10.2. The van der Waals surface area contributed by atoms with Gasteiger partial charge in [0.05, 0.1) is 18.7 Å². The van der Waals surface area contributed by atoms with Crippen LogP contribution < -0.4 is 4.74 Å². The van der Waals surface area contributed by atoms with Gasteiger partial charge in [-0.3, -0.25) is 4.98 Å². The van der Waals surface area contributed by atoms with Gasteiger partial charge in [0.15, 0.2) is 0 Å². The average Bonchev–Trinajstić information content (AvgIpc) is 2.32. The molecule has 1 aromatic carbocycles. The third kappa shape index (κ3) is 3.30. The van der Waals surface area contributed by atoms with Crippen molar-refractivity contribution in [3.63, 3.8) is 0 Å². The third-order valence-electron chi connectivity index (χ3n) is 2.12. The standard InChI is InChI=1S/C13H9BrN2O/c14-11-7-13(9-16-8-11)17-12-3-1-10(2-4-12)5-6-15/h1-4,7-9H,5H2. The van der Waals surface area contributed by atoms with Crippen molar-refractivity contribution in [3.05, 3.63) is 52.8 Å². The molecule has 0 N–H and O–H groups in total. The first kappa shape index (κ1) is 11.6. The minimum Gasteiger partial charge on any atom is -0.456 e. The predicted molar refractivity (Wildman–Crippen MR) is 67.8 cm³/mol. The minimum absolute atomic E-state index is 0.415. The summed E-state index contributed by atoms with van der Waals surface area (Å²) in [6.45, 7) is 0. The van der Waals surface area contributed by atoms with Crippen LogP contribution in [0.4, 0.5) is 0 Å². The summed E-state index contributed by atoms with van der Waals surface area (Å²) in [5.74, 6) is 1.40. The number of rotatable bonds is 3. The van der Waals surface area contributed by atoms with Crippen LogP contribution in [0.25, 0.3) is 0 Å². The van der Waals surface area contributed by atoms with Crippen LogP contribution in [-0.4, -0.2) is 4.98 Å². The second-order valence-electron chi connectivity index (χ2n) is 3.42. The van der Waals surface area contributed by atoms with Crippen molar-refractivity contribution in [1.82, 2.24) is 4.98 Å². The van der Waals surface area contributed by atoms with Gasteiger partial charge in [0.1, 0.15) is 11.5 Å². The summed E-state index contributed by atoms with van der Waals surface area (Å²) in [4.78, 5) is 4.01. The summed E-state index contributed by atoms with van der Waals surface area (Å²) < 4.78 is 6.49. The highest BCUT2D eigenvalue weighted by molar-refractivity contribution is 9.10. The normalized spacial score (nSPS) is 9.65. The quantitative estimate of drug-likeness (QED) is 0.865. The highest BCUT2D eigenvalue weighted by Crippen LogP contribution is 2.23. The van der Waals surface area contributed by atoms with E-state index < -0.39 is 0 Å². The minimum atomic E-state index is 0.415. The van der Waals surface area contributed by atoms with Crippen LogP contribution in [0.1, 0.15) is 5.56 Å². The maximum absolute atomic E-state index is 8.56. The molecule has 17 heavy (non-hydrogen) atoms. The molecule has 0 saturated heterocycles. The van der Waals surface area contributed by atoms with Crippen LogP contribution in [0.2, 0.25) is 0 Å². The molecule has 0 radical (unpaired) electrons. The zero-order valence-electron chi connectivity index (χ0n) is 8.93. The van der Waals surface area contributed by atoms with E-state index in [1.165, 1.54) is 0 Å². The Labute approximate surface area is 108 Å². The van der Waals surface area contributed by atoms with Gasteiger partial charge in [-0.15, -0.1) is 0 Å². The van der Waals surface area contributed by atoms with Crippen molar-refractivity contribution < 1.29 is 4.74 Å². The number of nitrogens with zero attached hydrogens (tertiary/aromatic N) is 2. The van der Waals surface area contributed by atoms with E-state index in [-0.39, 0.29) is 0 Å². The maximum Gasteiger partial charge on any atom is 0.146 e. The van der Waals surface area contributed by atoms with Gasteiger partial charge < -0.3 is 4.74 Å². The molecule has 0 atom stereocenters. The molecule has 0 fully saturated rings. The lowest BCUT2D eigenvalue weighted by Gasteiger charge is -2.05. The van der Waals surface area contributed by atoms with E-state index in [4.69, 9.17) is 10.00 Å². The molecule has 84 valence electrons. The zero-order valence-corrected chi connectivity index (χ0v) is 10.5. The topological polar surface area (TPSA) is 45.9 Å². The van der Waals surface area contributed by atoms with E-state index in [0.29, 0.717) is 12.2 Å². The maximum atomic E-state index is 8.56. The van der Waals surface area contributed by atoms with Crippen molar-refractivity contribution in [3.8, 4) is 17.6 Å². The van der Waals surface area contributed by atoms with Gasteiger partial charge in [-0.2, -0.15) is 5.26 Å². The van der Waals surface area contributed by atoms with Crippen LogP contribution in [0.3, 0.4) is 0 Å². The van der Waals surface area contributed by atoms with Gasteiger partial charge in [0, 0.05) is 10.7 Å². The molecule has 0 aliphatic rings. The first-order valence-electron chi connectivity index (χ1n) is 5.02. The molecule has 1 heterocycles. The molecule has 0 unspecified atom stereocenters. The van der Waals surface area contributed by atoms with E-state index in [9.17, 15) is 0 Å². The molecule has 4 heteroatoms. The Bertz CT molecular complexity index is 546. The van der Waals surface area contributed by atoms with Gasteiger partial charge in [0.25, 0.3) is 0 Å². The van der Waals surface area contributed by atoms with Gasteiger partial charge in [-0.25, -0.2) is 0 Å². The predicted octanol–water partition coefficient (Wildman–Crippen LogP) is 3.70. The van der Waals surface area contributed by atoms with Crippen LogP contribution in [-0.2, 0) is 6.42 Å². The molecular formula is C13H9BrN2O. The molecule has 0 spiro atoms. The van der Waals surface area contributed by atoms with Crippen molar-refractivity contribution in [2.75, 3.05) is 0 Å². The Kier molecular flexibility index (Phi) is 3.73. The number of benzene rings is 1. The highest BCUT2D eigenvalue weighted by atomic mass is 79.9. The van der Waals surface area contributed by atoms with Crippen molar-refractivity contribution in [2.45, 2.75) is 6.42 Å². The molecule has 1 aromatic heterocycles. The van der Waals surface area contributed by atoms with E-state index in [0.717, 1.165) is 15.8 Å². The monoisotopic (exact) mass is 288 g/mol. The Balaban J connectivity index is 2.11. The van der Waals surface area contributed by atoms with E-state index in [1.807, 2.05) is 30.3 Å². The molecule has 3 nitrogen and oxygen atoms in total. The average molecular weight is 289 g/mol. The van der Waals surface area contributed by atoms with Crippen LogP contribution in [0.5, 0.6) is 11.5 Å². The SMILES string of the molecule is N#CCc1ccc(Oc2cncc(Br)c2)cc1. The fourth-order valence-corrected chi connectivity index (χ4v) is 1.69. The highest BCUT2D eigenvalue weighted by Gasteiger charge is 1.99. The molecule has 0 aliphatic carbocycles. The molecular weight excluding hydrogens is 280 g/mol. The Morgan fingerprint density at radius 3 is 2.59 bits per heavy atom. The van der Waals surface area contributed by atoms with Crippen LogP contribution in [0.15, 0.2) is 47.2 Å². The smallest absolute Gasteiger partial charge is 0.146 e. The van der Waals surface area contributed by atoms with Gasteiger partial charge in [-0.1, -0.05) is 12.1 Å². The Hall–Kier alpha value is -1.86. The van der Waals surface area contributed by atoms with Crippen LogP contribution in [0, 0.1) is 11.3 Å². The molecule has 2 aromatic rings. The molecule has 0 amide bonds. The number of ether oxygens (including phenoxy) is 1. The van der Waals surface area contributed by atoms with E-state index >= 15 is 0 Å². The first-order valence-corrected chi connectivity index (χ1v) is 5.81. The van der Waals surface area contributed by atoms with E-state index in [2.05, 4.69) is 27.0 Å². The summed E-state index contributed by atoms with van der Waals surface area (Å²) in [6, 6.07) is 11.4. The zero-order chi connectivity index (χ0) is 12.1. The molecule has 0 saturated carbocycles. The second-order valence-corrected chi connectivity index (χ2v) is 4.34. The molecule has 2 rings (SSSR count). The summed E-state index contributed by atoms with van der Waals surface area (Å²) in [6.07, 6.45) is 3.76. The number of halogens is 1. The van der Waals surface area contributed by atoms with E-state index in [1.54, 1.807) is 12.4 Å². The fraction of sp³-hybridized carbons (Fsp3) is 0.0769. The lowest BCUT2D eigenvalue weighted by molar-refractivity contribution is 0.479. The first-order chi connectivity index (χ1) is 8.28. The summed E-state index contributed by atoms with van der Waals surface area (Å²) >= 11 is 3.33. The number of pyridine rings is 1. The lowest BCUT2D eigenvalue weighted by Crippen LogP contribution is -1.86. The van der Waals surface area contributed by atoms with Crippen molar-refractivity contribution in [2.24, 2.45) is 0 Å².